The molecule has 4 rings (SSSR count). The summed E-state index contributed by atoms with van der Waals surface area (Å²) in [6, 6.07) is 7.43. The molecule has 0 radical (unpaired) electrons. The second-order valence-corrected chi connectivity index (χ2v) is 9.64. The highest BCUT2D eigenvalue weighted by molar-refractivity contribution is 8.00. The Morgan fingerprint density at radius 1 is 1.33 bits per heavy atom. The number of nitrogens with one attached hydrogen (secondary N) is 1. The Labute approximate surface area is 183 Å². The largest absolute Gasteiger partial charge is 0.495 e. The molecule has 0 fully saturated rings. The summed E-state index contributed by atoms with van der Waals surface area (Å²) >= 11 is 2.92. The summed E-state index contributed by atoms with van der Waals surface area (Å²) in [5.74, 6) is 0.520. The molecule has 1 unspecified atom stereocenters. The Kier molecular flexibility index (Phi) is 6.15. The van der Waals surface area contributed by atoms with Gasteiger partial charge in [0.1, 0.15) is 10.6 Å². The average molecular weight is 444 g/mol. The minimum Gasteiger partial charge on any atom is -0.495 e. The summed E-state index contributed by atoms with van der Waals surface area (Å²) < 4.78 is 7.15. The fourth-order valence-electron chi connectivity index (χ4n) is 3.82. The van der Waals surface area contributed by atoms with Crippen LogP contribution >= 0.6 is 23.1 Å². The van der Waals surface area contributed by atoms with E-state index in [0.717, 1.165) is 41.5 Å². The van der Waals surface area contributed by atoms with E-state index in [2.05, 4.69) is 5.32 Å². The van der Waals surface area contributed by atoms with Gasteiger partial charge in [0.05, 0.1) is 23.4 Å². The zero-order chi connectivity index (χ0) is 21.3. The number of nitrogens with zero attached hydrogens (tertiary/aromatic N) is 2. The lowest BCUT2D eigenvalue weighted by molar-refractivity contribution is -0.120. The number of benzene rings is 1. The van der Waals surface area contributed by atoms with E-state index in [-0.39, 0.29) is 16.7 Å². The number of hydrogen-bond acceptors (Lipinski definition) is 6. The van der Waals surface area contributed by atoms with E-state index < -0.39 is 0 Å². The first-order valence-corrected chi connectivity index (χ1v) is 11.9. The molecule has 0 saturated heterocycles. The number of fused-ring (bicyclic) bond motifs is 3. The van der Waals surface area contributed by atoms with Crippen molar-refractivity contribution in [2.45, 2.75) is 49.9 Å². The molecule has 158 valence electrons. The van der Waals surface area contributed by atoms with Gasteiger partial charge in [-0.15, -0.1) is 11.3 Å². The number of carbonyl (C=O) groups is 1. The van der Waals surface area contributed by atoms with Crippen molar-refractivity contribution < 1.29 is 9.53 Å². The summed E-state index contributed by atoms with van der Waals surface area (Å²) in [6.07, 6.45) is 4.16. The monoisotopic (exact) mass is 443 g/mol. The SMILES string of the molecule is CCNC(=O)C(C)Sc1nc2sc3c(c2c(=O)n1-c1ccccc1OC)CCCC3. The molecule has 2 heterocycles. The standard InChI is InChI=1S/C22H25N3O3S2/c1-4-23-19(26)13(2)29-22-24-20-18(14-9-5-8-12-17(14)30-20)21(27)25(22)15-10-6-7-11-16(15)28-3/h6-7,10-11,13H,4-5,8-9,12H2,1-3H3,(H,23,26). The number of aryl methyl sites for hydroxylation is 2. The van der Waals surface area contributed by atoms with Gasteiger partial charge < -0.3 is 10.1 Å². The first kappa shape index (κ1) is 20.9. The average Bonchev–Trinajstić information content (AvgIpc) is 3.12. The maximum Gasteiger partial charge on any atom is 0.267 e. The summed E-state index contributed by atoms with van der Waals surface area (Å²) in [5, 5.41) is 3.68. The number of thiophene rings is 1. The molecule has 8 heteroatoms. The van der Waals surface area contributed by atoms with Gasteiger partial charge in [-0.25, -0.2) is 4.98 Å². The highest BCUT2D eigenvalue weighted by Gasteiger charge is 2.25. The van der Waals surface area contributed by atoms with E-state index in [1.165, 1.54) is 16.6 Å². The van der Waals surface area contributed by atoms with Crippen molar-refractivity contribution in [3.05, 3.63) is 45.1 Å². The Morgan fingerprint density at radius 2 is 2.10 bits per heavy atom. The molecule has 1 aliphatic carbocycles. The predicted octanol–water partition coefficient (Wildman–Crippen LogP) is 3.95. The summed E-state index contributed by atoms with van der Waals surface area (Å²) in [6.45, 7) is 4.28. The summed E-state index contributed by atoms with van der Waals surface area (Å²) in [5.41, 5.74) is 1.70. The van der Waals surface area contributed by atoms with Crippen LogP contribution in [0, 0.1) is 0 Å². The number of hydrogen-bond donors (Lipinski definition) is 1. The van der Waals surface area contributed by atoms with Gasteiger partial charge in [-0.1, -0.05) is 23.9 Å². The van der Waals surface area contributed by atoms with E-state index in [1.54, 1.807) is 23.0 Å². The Hall–Kier alpha value is -2.32. The first-order valence-electron chi connectivity index (χ1n) is 10.2. The molecule has 0 bridgehead atoms. The minimum absolute atomic E-state index is 0.0751. The van der Waals surface area contributed by atoms with Crippen molar-refractivity contribution in [2.24, 2.45) is 0 Å². The van der Waals surface area contributed by atoms with Crippen LogP contribution in [0.3, 0.4) is 0 Å². The van der Waals surface area contributed by atoms with Crippen molar-refractivity contribution in [1.82, 2.24) is 14.9 Å². The molecule has 0 spiro atoms. The third kappa shape index (κ3) is 3.74. The Balaban J connectivity index is 1.94. The molecule has 2 aromatic heterocycles. The quantitative estimate of drug-likeness (QED) is 0.461. The topological polar surface area (TPSA) is 73.2 Å². The third-order valence-electron chi connectivity index (χ3n) is 5.29. The number of methoxy groups -OCH3 is 1. The van der Waals surface area contributed by atoms with Crippen molar-refractivity contribution in [3.63, 3.8) is 0 Å². The maximum atomic E-state index is 13.8. The van der Waals surface area contributed by atoms with Crippen LogP contribution in [0.1, 0.15) is 37.1 Å². The number of para-hydroxylation sites is 2. The van der Waals surface area contributed by atoms with Crippen molar-refractivity contribution in [2.75, 3.05) is 13.7 Å². The normalized spacial score (nSPS) is 14.4. The highest BCUT2D eigenvalue weighted by Crippen LogP contribution is 2.36. The highest BCUT2D eigenvalue weighted by atomic mass is 32.2. The Bertz CT molecular complexity index is 1150. The zero-order valence-corrected chi connectivity index (χ0v) is 19.0. The lowest BCUT2D eigenvalue weighted by Crippen LogP contribution is -2.31. The molecule has 3 aromatic rings. The number of thioether (sulfide) groups is 1. The van der Waals surface area contributed by atoms with E-state index in [0.29, 0.717) is 23.1 Å². The van der Waals surface area contributed by atoms with E-state index in [9.17, 15) is 9.59 Å². The van der Waals surface area contributed by atoms with Crippen LogP contribution in [0.4, 0.5) is 0 Å². The molecular weight excluding hydrogens is 418 g/mol. The number of carbonyl (C=O) groups excluding carboxylic acids is 1. The third-order valence-corrected chi connectivity index (χ3v) is 7.52. The number of amides is 1. The van der Waals surface area contributed by atoms with Crippen LogP contribution in [0.15, 0.2) is 34.2 Å². The maximum absolute atomic E-state index is 13.8. The van der Waals surface area contributed by atoms with Gasteiger partial charge in [0.2, 0.25) is 5.91 Å². The molecule has 1 N–H and O–H groups in total. The molecule has 0 saturated carbocycles. The van der Waals surface area contributed by atoms with Crippen LogP contribution in [-0.2, 0) is 17.6 Å². The predicted molar refractivity (Wildman–Crippen MR) is 122 cm³/mol. The lowest BCUT2D eigenvalue weighted by Gasteiger charge is -2.17. The second kappa shape index (κ2) is 8.81. The fourth-order valence-corrected chi connectivity index (χ4v) is 6.07. The first-order chi connectivity index (χ1) is 14.5. The molecule has 1 atom stereocenters. The van der Waals surface area contributed by atoms with Gasteiger partial charge in [-0.2, -0.15) is 0 Å². The molecular formula is C22H25N3O3S2. The minimum atomic E-state index is -0.384. The summed E-state index contributed by atoms with van der Waals surface area (Å²) in [7, 11) is 1.59. The smallest absolute Gasteiger partial charge is 0.267 e. The van der Waals surface area contributed by atoms with Gasteiger partial charge in [-0.3, -0.25) is 14.2 Å². The van der Waals surface area contributed by atoms with Gasteiger partial charge >= 0.3 is 0 Å². The van der Waals surface area contributed by atoms with Gasteiger partial charge in [0.15, 0.2) is 5.16 Å². The van der Waals surface area contributed by atoms with Gasteiger partial charge in [-0.05, 0) is 57.2 Å². The van der Waals surface area contributed by atoms with Gasteiger partial charge in [0.25, 0.3) is 5.56 Å². The molecule has 0 aliphatic heterocycles. The number of aromatic nitrogens is 2. The van der Waals surface area contributed by atoms with Crippen LogP contribution in [0.2, 0.25) is 0 Å². The van der Waals surface area contributed by atoms with Crippen LogP contribution in [0.25, 0.3) is 15.9 Å². The molecule has 6 nitrogen and oxygen atoms in total. The molecule has 1 aromatic carbocycles. The fraction of sp³-hybridized carbons (Fsp3) is 0.409. The van der Waals surface area contributed by atoms with Crippen molar-refractivity contribution in [1.29, 1.82) is 0 Å². The van der Waals surface area contributed by atoms with Crippen LogP contribution in [-0.4, -0.2) is 34.4 Å². The summed E-state index contributed by atoms with van der Waals surface area (Å²) in [4.78, 5) is 33.1. The number of ether oxygens (including phenoxy) is 1. The number of rotatable bonds is 6. The van der Waals surface area contributed by atoms with E-state index >= 15 is 0 Å². The van der Waals surface area contributed by atoms with Crippen molar-refractivity contribution in [3.8, 4) is 11.4 Å². The zero-order valence-electron chi connectivity index (χ0n) is 17.4. The Morgan fingerprint density at radius 3 is 2.87 bits per heavy atom. The molecule has 30 heavy (non-hydrogen) atoms. The lowest BCUT2D eigenvalue weighted by atomic mass is 9.97. The van der Waals surface area contributed by atoms with Crippen LogP contribution < -0.4 is 15.6 Å². The van der Waals surface area contributed by atoms with Gasteiger partial charge in [0, 0.05) is 11.4 Å². The van der Waals surface area contributed by atoms with Crippen LogP contribution in [0.5, 0.6) is 5.75 Å². The van der Waals surface area contributed by atoms with E-state index in [1.807, 2.05) is 38.1 Å². The van der Waals surface area contributed by atoms with Crippen molar-refractivity contribution >= 4 is 39.2 Å². The molecule has 1 amide bonds. The molecule has 1 aliphatic rings. The van der Waals surface area contributed by atoms with E-state index in [4.69, 9.17) is 9.72 Å². The second-order valence-electron chi connectivity index (χ2n) is 7.25.